The van der Waals surface area contributed by atoms with Crippen molar-refractivity contribution in [2.24, 2.45) is 0 Å². The summed E-state index contributed by atoms with van der Waals surface area (Å²) < 4.78 is 37.3. The molecular formula is C21H35N5O8P2. The van der Waals surface area contributed by atoms with Gasteiger partial charge < -0.3 is 23.4 Å². The molecule has 0 saturated carbocycles. The maximum atomic E-state index is 12.7. The van der Waals surface area contributed by atoms with Crippen molar-refractivity contribution in [3.63, 3.8) is 0 Å². The normalized spacial score (nSPS) is 13.9. The fraction of sp³-hybridized carbons (Fsp3) is 0.619. The Morgan fingerprint density at radius 3 is 2.42 bits per heavy atom. The van der Waals surface area contributed by atoms with Gasteiger partial charge in [-0.25, -0.2) is 9.46 Å². The first kappa shape index (κ1) is 31.9. The summed E-state index contributed by atoms with van der Waals surface area (Å²) in [6.07, 6.45) is 2.81. The van der Waals surface area contributed by atoms with E-state index < -0.39 is 39.3 Å². The number of nitrogens with zero attached hydrogens (tertiary/aromatic N) is 3. The Bertz CT molecular complexity index is 1050. The monoisotopic (exact) mass is 547 g/mol. The molecule has 0 aromatic carbocycles. The Morgan fingerprint density at radius 2 is 1.89 bits per heavy atom. The average molecular weight is 547 g/mol. The summed E-state index contributed by atoms with van der Waals surface area (Å²) >= 11 is 0. The lowest BCUT2D eigenvalue weighted by Crippen LogP contribution is -2.41. The fourth-order valence-electron chi connectivity index (χ4n) is 2.98. The molecule has 0 saturated heterocycles. The summed E-state index contributed by atoms with van der Waals surface area (Å²) in [6, 6.07) is 2.48. The number of hydrogen-bond donors (Lipinski definition) is 2. The van der Waals surface area contributed by atoms with E-state index in [9.17, 15) is 18.9 Å². The largest absolute Gasteiger partial charge is 0.353 e. The van der Waals surface area contributed by atoms with Gasteiger partial charge in [0.1, 0.15) is 6.54 Å². The predicted molar refractivity (Wildman–Crippen MR) is 135 cm³/mol. The number of aromatic nitrogens is 2. The Kier molecular flexibility index (Phi) is 14.0. The topological polar surface area (TPSA) is 165 Å². The SMILES string of the molecule is COP(=O)(/C=C/[C@@H](COP(OCCC#N)N(C(C)C)C(C)C)NC(=O)Cn1ccc(=O)[nH]c1=O)OC. The summed E-state index contributed by atoms with van der Waals surface area (Å²) in [5.74, 6) is 0.640. The molecule has 1 heterocycles. The van der Waals surface area contributed by atoms with Crippen LogP contribution in [-0.2, 0) is 34.0 Å². The van der Waals surface area contributed by atoms with Crippen LogP contribution in [0.15, 0.2) is 33.7 Å². The van der Waals surface area contributed by atoms with Crippen LogP contribution in [0.3, 0.4) is 0 Å². The molecule has 0 aliphatic heterocycles. The van der Waals surface area contributed by atoms with Gasteiger partial charge in [-0.05, 0) is 27.7 Å². The lowest BCUT2D eigenvalue weighted by atomic mass is 10.3. The number of H-pyrrole nitrogens is 1. The second-order valence-electron chi connectivity index (χ2n) is 8.00. The van der Waals surface area contributed by atoms with E-state index in [-0.39, 0.29) is 38.3 Å². The number of amides is 1. The molecule has 1 rings (SSSR count). The zero-order chi connectivity index (χ0) is 27.3. The predicted octanol–water partition coefficient (Wildman–Crippen LogP) is 2.31. The van der Waals surface area contributed by atoms with Crippen molar-refractivity contribution >= 4 is 22.0 Å². The van der Waals surface area contributed by atoms with Crippen molar-refractivity contribution in [3.05, 3.63) is 45.0 Å². The van der Waals surface area contributed by atoms with E-state index in [2.05, 4.69) is 10.3 Å². The summed E-state index contributed by atoms with van der Waals surface area (Å²) in [4.78, 5) is 37.9. The molecule has 15 heteroatoms. The molecule has 2 N–H and O–H groups in total. The molecule has 36 heavy (non-hydrogen) atoms. The molecule has 0 fully saturated rings. The minimum atomic E-state index is -3.53. The summed E-state index contributed by atoms with van der Waals surface area (Å²) in [7, 11) is -2.68. The molecule has 0 bridgehead atoms. The maximum absolute atomic E-state index is 12.7. The molecule has 2 atom stereocenters. The number of nitriles is 1. The molecule has 0 radical (unpaired) electrons. The molecule has 13 nitrogen and oxygen atoms in total. The van der Waals surface area contributed by atoms with E-state index in [0.717, 1.165) is 10.6 Å². The van der Waals surface area contributed by atoms with Crippen LogP contribution in [-0.4, -0.2) is 65.7 Å². The van der Waals surface area contributed by atoms with Gasteiger partial charge in [0, 0.05) is 44.4 Å². The Labute approximate surface area is 211 Å². The minimum absolute atomic E-state index is 0.0658. The van der Waals surface area contributed by atoms with Gasteiger partial charge in [-0.15, -0.1) is 0 Å². The first-order valence-corrected chi connectivity index (χ1v) is 13.9. The Balaban J connectivity index is 3.12. The second-order valence-corrected chi connectivity index (χ2v) is 11.6. The van der Waals surface area contributed by atoms with Crippen LogP contribution in [0, 0.1) is 11.3 Å². The van der Waals surface area contributed by atoms with E-state index in [1.54, 1.807) is 0 Å². The van der Waals surface area contributed by atoms with Gasteiger partial charge in [-0.2, -0.15) is 5.26 Å². The standard InChI is InChI=1S/C21H35N5O8P2/c1-16(2)26(17(3)4)35(33-12-7-10-22)34-15-18(9-13-36(30,31-5)32-6)23-20(28)14-25-11-8-19(27)24-21(25)29/h8-9,11,13,16-18H,7,12,14-15H2,1-6H3,(H,23,28)(H,24,27,29)/b13-9+/t18-,35?/m0/s1. The maximum Gasteiger partial charge on any atom is 0.353 e. The van der Waals surface area contributed by atoms with Crippen LogP contribution in [0.25, 0.3) is 0 Å². The van der Waals surface area contributed by atoms with Gasteiger partial charge in [0.2, 0.25) is 5.91 Å². The second kappa shape index (κ2) is 15.8. The number of carbonyl (C=O) groups excluding carboxylic acids is 1. The third kappa shape index (κ3) is 10.8. The average Bonchev–Trinajstić information content (AvgIpc) is 2.81. The zero-order valence-electron chi connectivity index (χ0n) is 21.4. The van der Waals surface area contributed by atoms with Crippen LogP contribution in [0.2, 0.25) is 0 Å². The number of aromatic amines is 1. The van der Waals surface area contributed by atoms with Crippen molar-refractivity contribution in [1.29, 1.82) is 5.26 Å². The van der Waals surface area contributed by atoms with Crippen molar-refractivity contribution < 1.29 is 27.5 Å². The molecule has 1 aromatic rings. The van der Waals surface area contributed by atoms with Crippen molar-refractivity contribution in [2.45, 2.75) is 58.8 Å². The zero-order valence-corrected chi connectivity index (χ0v) is 23.2. The minimum Gasteiger partial charge on any atom is -0.346 e. The van der Waals surface area contributed by atoms with E-state index in [0.29, 0.717) is 0 Å². The van der Waals surface area contributed by atoms with E-state index in [1.165, 1.54) is 32.3 Å². The van der Waals surface area contributed by atoms with E-state index in [1.807, 2.05) is 38.4 Å². The van der Waals surface area contributed by atoms with Gasteiger partial charge in [0.15, 0.2) is 0 Å². The lowest BCUT2D eigenvalue weighted by molar-refractivity contribution is -0.122. The number of rotatable bonds is 16. The molecule has 202 valence electrons. The highest BCUT2D eigenvalue weighted by Gasteiger charge is 2.28. The third-order valence-corrected chi connectivity index (χ3v) is 8.22. The number of carbonyl (C=O) groups is 1. The highest BCUT2D eigenvalue weighted by Crippen LogP contribution is 2.48. The molecule has 1 aromatic heterocycles. The molecule has 0 aliphatic carbocycles. The van der Waals surface area contributed by atoms with Crippen LogP contribution >= 0.6 is 16.1 Å². The van der Waals surface area contributed by atoms with Gasteiger partial charge in [0.05, 0.1) is 31.7 Å². The van der Waals surface area contributed by atoms with Crippen LogP contribution in [0.5, 0.6) is 0 Å². The van der Waals surface area contributed by atoms with Crippen LogP contribution in [0.4, 0.5) is 0 Å². The molecular weight excluding hydrogens is 512 g/mol. The first-order chi connectivity index (χ1) is 17.0. The Morgan fingerprint density at radius 1 is 1.25 bits per heavy atom. The highest BCUT2D eigenvalue weighted by molar-refractivity contribution is 7.57. The summed E-state index contributed by atoms with van der Waals surface area (Å²) in [5.41, 5.74) is -1.31. The Hall–Kier alpha value is -2.16. The highest BCUT2D eigenvalue weighted by atomic mass is 31.2. The van der Waals surface area contributed by atoms with Gasteiger partial charge >= 0.3 is 13.3 Å². The fourth-order valence-corrected chi connectivity index (χ4v) is 5.43. The smallest absolute Gasteiger partial charge is 0.346 e. The van der Waals surface area contributed by atoms with E-state index >= 15 is 0 Å². The van der Waals surface area contributed by atoms with Gasteiger partial charge in [-0.1, -0.05) is 6.08 Å². The van der Waals surface area contributed by atoms with E-state index in [4.69, 9.17) is 23.4 Å². The van der Waals surface area contributed by atoms with Crippen LogP contribution < -0.4 is 16.6 Å². The van der Waals surface area contributed by atoms with Gasteiger partial charge in [0.25, 0.3) is 14.1 Å². The van der Waals surface area contributed by atoms with Crippen LogP contribution in [0.1, 0.15) is 34.1 Å². The molecule has 1 amide bonds. The molecule has 0 spiro atoms. The first-order valence-electron chi connectivity index (χ1n) is 11.2. The van der Waals surface area contributed by atoms with Gasteiger partial charge in [-0.3, -0.25) is 23.7 Å². The quantitative estimate of drug-likeness (QED) is 0.232. The van der Waals surface area contributed by atoms with Crippen molar-refractivity contribution in [3.8, 4) is 6.07 Å². The summed E-state index contributed by atoms with van der Waals surface area (Å²) in [6.45, 7) is 7.67. The lowest BCUT2D eigenvalue weighted by Gasteiger charge is -2.36. The summed E-state index contributed by atoms with van der Waals surface area (Å²) in [5, 5.41) is 11.6. The number of hydrogen-bond acceptors (Lipinski definition) is 10. The van der Waals surface area contributed by atoms with Crippen molar-refractivity contribution in [2.75, 3.05) is 27.4 Å². The third-order valence-electron chi connectivity index (χ3n) is 4.59. The van der Waals surface area contributed by atoms with Crippen molar-refractivity contribution in [1.82, 2.24) is 19.5 Å². The molecule has 1 unspecified atom stereocenters. The molecule has 0 aliphatic rings. The number of nitrogens with one attached hydrogen (secondary N) is 2.